The van der Waals surface area contributed by atoms with Crippen molar-refractivity contribution in [1.29, 1.82) is 0 Å². The lowest BCUT2D eigenvalue weighted by Gasteiger charge is -2.14. The first kappa shape index (κ1) is 43.6. The fraction of sp³-hybridized carbons (Fsp3) is 0.0476. The van der Waals surface area contributed by atoms with Crippen LogP contribution in [0.5, 0.6) is 11.5 Å². The number of phenolic OH excluding ortho intramolecular Hbond substituents is 2. The van der Waals surface area contributed by atoms with E-state index in [1.54, 1.807) is 36.4 Å². The molecule has 0 heterocycles. The molecule has 4 N–H and O–H groups in total. The lowest BCUT2D eigenvalue weighted by atomic mass is 10.0. The number of aromatic hydroxyl groups is 2. The Hall–Kier alpha value is -6.46. The number of fused-ring (bicyclic) bond motifs is 2. The van der Waals surface area contributed by atoms with E-state index in [0.717, 1.165) is 30.3 Å². The summed E-state index contributed by atoms with van der Waals surface area (Å²) in [7, 11) is 0. The van der Waals surface area contributed by atoms with Gasteiger partial charge in [0.05, 0.1) is 59.4 Å². The molecule has 2 amide bonds. The zero-order valence-electron chi connectivity index (χ0n) is 30.7. The summed E-state index contributed by atoms with van der Waals surface area (Å²) in [6.45, 7) is 0. The Labute approximate surface area is 365 Å². The summed E-state index contributed by atoms with van der Waals surface area (Å²) < 4.78 is 79.8. The number of hydrogen-bond donors (Lipinski definition) is 4. The van der Waals surface area contributed by atoms with Gasteiger partial charge in [0.2, 0.25) is 0 Å². The van der Waals surface area contributed by atoms with E-state index in [9.17, 15) is 46.1 Å². The molecule has 10 nitrogen and oxygen atoms in total. The van der Waals surface area contributed by atoms with Gasteiger partial charge in [-0.3, -0.25) is 9.59 Å². The molecule has 0 aromatic heterocycles. The highest BCUT2D eigenvalue weighted by molar-refractivity contribution is 6.38. The van der Waals surface area contributed by atoms with E-state index < -0.39 is 46.8 Å². The molecule has 62 heavy (non-hydrogen) atoms. The van der Waals surface area contributed by atoms with Crippen LogP contribution in [0.25, 0.3) is 21.5 Å². The van der Waals surface area contributed by atoms with Crippen LogP contribution >= 0.6 is 46.4 Å². The fourth-order valence-corrected chi connectivity index (χ4v) is 6.75. The first-order valence-electron chi connectivity index (χ1n) is 17.5. The first-order chi connectivity index (χ1) is 29.3. The summed E-state index contributed by atoms with van der Waals surface area (Å²) in [4.78, 5) is 27.1. The normalized spacial score (nSPS) is 12.2. The van der Waals surface area contributed by atoms with Crippen LogP contribution in [0.1, 0.15) is 31.8 Å². The van der Waals surface area contributed by atoms with Gasteiger partial charge < -0.3 is 20.8 Å². The average Bonchev–Trinajstić information content (AvgIpc) is 3.21. The summed E-state index contributed by atoms with van der Waals surface area (Å²) in [5.74, 6) is -2.93. The molecule has 20 heteroatoms. The van der Waals surface area contributed by atoms with Crippen molar-refractivity contribution in [3.05, 3.63) is 152 Å². The molecule has 314 valence electrons. The van der Waals surface area contributed by atoms with Crippen LogP contribution < -0.4 is 10.6 Å². The molecule has 0 bridgehead atoms. The third kappa shape index (κ3) is 9.23. The largest absolute Gasteiger partial charge is 0.507 e. The minimum absolute atomic E-state index is 0.0378. The number of alkyl halides is 6. The maximum Gasteiger partial charge on any atom is 0.416 e. The van der Waals surface area contributed by atoms with Crippen LogP contribution in [0.3, 0.4) is 0 Å². The third-order valence-corrected chi connectivity index (χ3v) is 10.3. The van der Waals surface area contributed by atoms with Gasteiger partial charge in [-0.1, -0.05) is 82.8 Å². The molecule has 7 rings (SSSR count). The van der Waals surface area contributed by atoms with E-state index in [-0.39, 0.29) is 65.3 Å². The van der Waals surface area contributed by atoms with Crippen molar-refractivity contribution >= 4 is 114 Å². The van der Waals surface area contributed by atoms with Gasteiger partial charge in [-0.2, -0.15) is 26.3 Å². The van der Waals surface area contributed by atoms with Crippen molar-refractivity contribution < 1.29 is 46.1 Å². The number of anilines is 2. The Morgan fingerprint density at radius 2 is 0.984 bits per heavy atom. The number of nitrogens with one attached hydrogen (secondary N) is 2. The smallest absolute Gasteiger partial charge is 0.416 e. The number of benzene rings is 7. The number of carbonyl (C=O) groups is 2. The zero-order chi connectivity index (χ0) is 44.7. The van der Waals surface area contributed by atoms with Crippen LogP contribution in [-0.2, 0) is 12.4 Å². The monoisotopic (exact) mass is 928 g/mol. The number of phenols is 2. The predicted molar refractivity (Wildman–Crippen MR) is 225 cm³/mol. The van der Waals surface area contributed by atoms with Gasteiger partial charge in [-0.25, -0.2) is 0 Å². The molecule has 0 saturated carbocycles. The van der Waals surface area contributed by atoms with E-state index in [1.165, 1.54) is 36.4 Å². The summed E-state index contributed by atoms with van der Waals surface area (Å²) in [6.07, 6.45) is -9.34. The van der Waals surface area contributed by atoms with Crippen molar-refractivity contribution in [2.24, 2.45) is 20.5 Å². The van der Waals surface area contributed by atoms with E-state index in [4.69, 9.17) is 46.4 Å². The number of amides is 2. The van der Waals surface area contributed by atoms with Gasteiger partial charge in [0, 0.05) is 10.8 Å². The molecule has 0 radical (unpaired) electrons. The first-order valence-corrected chi connectivity index (χ1v) is 19.0. The Morgan fingerprint density at radius 1 is 0.500 bits per heavy atom. The highest BCUT2D eigenvalue weighted by atomic mass is 35.5. The summed E-state index contributed by atoms with van der Waals surface area (Å²) in [6, 6.07) is 22.4. The molecule has 0 aliphatic carbocycles. The predicted octanol–water partition coefficient (Wildman–Crippen LogP) is 15.4. The lowest BCUT2D eigenvalue weighted by molar-refractivity contribution is -0.138. The second-order valence-corrected chi connectivity index (χ2v) is 14.8. The minimum Gasteiger partial charge on any atom is -0.507 e. The number of rotatable bonds is 8. The van der Waals surface area contributed by atoms with Gasteiger partial charge in [0.25, 0.3) is 11.8 Å². The quantitative estimate of drug-likeness (QED) is 0.0887. The highest BCUT2D eigenvalue weighted by Gasteiger charge is 2.32. The van der Waals surface area contributed by atoms with E-state index in [1.807, 2.05) is 0 Å². The standard InChI is InChI=1S/C42H22Cl4F6N6O4/c43-27-10-8-21(41(47,48)49)14-34(27)56-55-31-7-3-5-20-12-25(36(59)16-24(20)31)39(61)53-32-17-30(46)33(18-29(32)45)54-40(62)26-13-19-4-1-2-6-23(19)37(38(26)60)58-57-35-15-22(42(50,51)52)9-11-28(35)44/h1-18,59-60H,(H,53,61)(H,54,62). The molecule has 7 aromatic carbocycles. The van der Waals surface area contributed by atoms with E-state index in [0.29, 0.717) is 27.6 Å². The summed E-state index contributed by atoms with van der Waals surface area (Å²) in [5.41, 5.74) is -3.35. The molecule has 0 atom stereocenters. The molecule has 0 saturated heterocycles. The molecule has 0 fully saturated rings. The number of halogens is 10. The molecule has 0 unspecified atom stereocenters. The highest BCUT2D eigenvalue weighted by Crippen LogP contribution is 2.43. The van der Waals surface area contributed by atoms with Gasteiger partial charge in [0.15, 0.2) is 5.75 Å². The second-order valence-electron chi connectivity index (χ2n) is 13.2. The maximum absolute atomic E-state index is 13.6. The van der Waals surface area contributed by atoms with Crippen LogP contribution in [0.15, 0.2) is 130 Å². The Bertz CT molecular complexity index is 3040. The summed E-state index contributed by atoms with van der Waals surface area (Å²) >= 11 is 25.1. The van der Waals surface area contributed by atoms with Crippen molar-refractivity contribution in [3.8, 4) is 11.5 Å². The minimum atomic E-state index is -4.70. The topological polar surface area (TPSA) is 148 Å². The van der Waals surface area contributed by atoms with Crippen molar-refractivity contribution in [2.45, 2.75) is 12.4 Å². The number of nitrogens with zero attached hydrogens (tertiary/aromatic N) is 4. The van der Waals surface area contributed by atoms with Crippen molar-refractivity contribution in [1.82, 2.24) is 0 Å². The van der Waals surface area contributed by atoms with Gasteiger partial charge in [0.1, 0.15) is 22.8 Å². The second kappa shape index (κ2) is 17.1. The Balaban J connectivity index is 1.12. The molecule has 0 aliphatic heterocycles. The van der Waals surface area contributed by atoms with Gasteiger partial charge in [-0.15, -0.1) is 20.5 Å². The molecular weight excluding hydrogens is 908 g/mol. The Kier molecular flexibility index (Phi) is 12.1. The molecular formula is C42H22Cl4F6N6O4. The third-order valence-electron chi connectivity index (χ3n) is 9.08. The van der Waals surface area contributed by atoms with Gasteiger partial charge >= 0.3 is 12.4 Å². The van der Waals surface area contributed by atoms with Crippen molar-refractivity contribution in [2.75, 3.05) is 10.6 Å². The molecule has 0 aliphatic rings. The van der Waals surface area contributed by atoms with Gasteiger partial charge in [-0.05, 0) is 83.6 Å². The van der Waals surface area contributed by atoms with Crippen LogP contribution in [0.2, 0.25) is 20.1 Å². The van der Waals surface area contributed by atoms with E-state index >= 15 is 0 Å². The Morgan fingerprint density at radius 3 is 1.56 bits per heavy atom. The SMILES string of the molecule is O=C(Nc1cc(Cl)c(NC(=O)c2cc3ccccc3c(N=Nc3cc(C(F)(F)F)ccc3Cl)c2O)cc1Cl)c1cc2cccc(N=Nc3cc(C(F)(F)F)ccc3Cl)c2cc1O. The number of hydrogen-bond acceptors (Lipinski definition) is 8. The maximum atomic E-state index is 13.6. The fourth-order valence-electron chi connectivity index (χ4n) is 6.02. The van der Waals surface area contributed by atoms with E-state index in [2.05, 4.69) is 31.1 Å². The zero-order valence-corrected chi connectivity index (χ0v) is 33.7. The molecule has 7 aromatic rings. The summed E-state index contributed by atoms with van der Waals surface area (Å²) in [5, 5.41) is 43.9. The number of carbonyl (C=O) groups excluding carboxylic acids is 2. The van der Waals surface area contributed by atoms with Crippen LogP contribution in [0.4, 0.5) is 60.5 Å². The van der Waals surface area contributed by atoms with Crippen LogP contribution in [0, 0.1) is 0 Å². The average molecular weight is 930 g/mol. The lowest BCUT2D eigenvalue weighted by Crippen LogP contribution is -2.14. The van der Waals surface area contributed by atoms with Crippen LogP contribution in [-0.4, -0.2) is 22.0 Å². The van der Waals surface area contributed by atoms with Crippen molar-refractivity contribution in [3.63, 3.8) is 0 Å². The number of azo groups is 2. The molecule has 0 spiro atoms.